The monoisotopic (exact) mass is 375 g/mol. The molecule has 0 bridgehead atoms. The molecule has 2 unspecified atom stereocenters. The summed E-state index contributed by atoms with van der Waals surface area (Å²) in [6.45, 7) is 8.43. The Kier molecular flexibility index (Phi) is 6.48. The van der Waals surface area contributed by atoms with Crippen LogP contribution in [0.5, 0.6) is 0 Å². The highest BCUT2D eigenvalue weighted by Crippen LogP contribution is 2.31. The van der Waals surface area contributed by atoms with Crippen molar-refractivity contribution in [2.45, 2.75) is 46.3 Å². The molecule has 0 aliphatic carbocycles. The van der Waals surface area contributed by atoms with E-state index in [9.17, 15) is 5.11 Å². The molecule has 2 aromatic rings. The Morgan fingerprint density at radius 1 is 1.18 bits per heavy atom. The number of allylic oxidation sites excluding steroid dienone is 2. The van der Waals surface area contributed by atoms with Gasteiger partial charge in [-0.2, -0.15) is 0 Å². The SMILES string of the molecule is C/C(=C/C(C)O)OCCc1ccccc1C1C=C(c2cc(C)cc(C)c2)C=N1. The molecular weight excluding hydrogens is 346 g/mol. The summed E-state index contributed by atoms with van der Waals surface area (Å²) in [6, 6.07) is 15.1. The lowest BCUT2D eigenvalue weighted by atomic mass is 9.96. The largest absolute Gasteiger partial charge is 0.498 e. The summed E-state index contributed by atoms with van der Waals surface area (Å²) in [5.74, 6) is 0.753. The maximum Gasteiger partial charge on any atom is 0.0942 e. The first-order valence-corrected chi connectivity index (χ1v) is 9.83. The third kappa shape index (κ3) is 5.20. The van der Waals surface area contributed by atoms with E-state index < -0.39 is 6.10 Å². The first-order valence-electron chi connectivity index (χ1n) is 9.83. The summed E-state index contributed by atoms with van der Waals surface area (Å²) in [5.41, 5.74) is 7.41. The summed E-state index contributed by atoms with van der Waals surface area (Å²) in [4.78, 5) is 4.76. The van der Waals surface area contributed by atoms with Crippen molar-refractivity contribution in [3.63, 3.8) is 0 Å². The number of rotatable bonds is 7. The molecule has 0 amide bonds. The first-order chi connectivity index (χ1) is 13.4. The van der Waals surface area contributed by atoms with Gasteiger partial charge in [-0.25, -0.2) is 0 Å². The Labute approximate surface area is 168 Å². The van der Waals surface area contributed by atoms with Gasteiger partial charge in [0.2, 0.25) is 0 Å². The zero-order valence-corrected chi connectivity index (χ0v) is 17.1. The molecule has 2 atom stereocenters. The minimum atomic E-state index is -0.492. The molecule has 3 nitrogen and oxygen atoms in total. The fourth-order valence-corrected chi connectivity index (χ4v) is 3.66. The summed E-state index contributed by atoms with van der Waals surface area (Å²) in [6.07, 6.45) is 6.26. The van der Waals surface area contributed by atoms with Crippen LogP contribution < -0.4 is 0 Å². The molecule has 1 N–H and O–H groups in total. The van der Waals surface area contributed by atoms with Crippen molar-refractivity contribution in [1.82, 2.24) is 0 Å². The lowest BCUT2D eigenvalue weighted by molar-refractivity contribution is 0.198. The molecule has 1 heterocycles. The van der Waals surface area contributed by atoms with Crippen LogP contribution in [0.25, 0.3) is 5.57 Å². The van der Waals surface area contributed by atoms with Gasteiger partial charge in [-0.05, 0) is 62.1 Å². The highest BCUT2D eigenvalue weighted by molar-refractivity contribution is 6.12. The molecule has 3 heteroatoms. The number of benzene rings is 2. The van der Waals surface area contributed by atoms with Gasteiger partial charge in [0.25, 0.3) is 0 Å². The van der Waals surface area contributed by atoms with Crippen LogP contribution >= 0.6 is 0 Å². The number of aliphatic imine (C=N–C) groups is 1. The molecule has 0 spiro atoms. The van der Waals surface area contributed by atoms with Crippen molar-refractivity contribution >= 4 is 11.8 Å². The molecule has 2 aromatic carbocycles. The van der Waals surface area contributed by atoms with Crippen LogP contribution in [0.2, 0.25) is 0 Å². The van der Waals surface area contributed by atoms with E-state index >= 15 is 0 Å². The van der Waals surface area contributed by atoms with Crippen molar-refractivity contribution < 1.29 is 9.84 Å². The third-order valence-corrected chi connectivity index (χ3v) is 4.82. The van der Waals surface area contributed by atoms with Crippen molar-refractivity contribution in [1.29, 1.82) is 0 Å². The van der Waals surface area contributed by atoms with E-state index in [2.05, 4.69) is 62.4 Å². The average Bonchev–Trinajstić information content (AvgIpc) is 3.10. The summed E-state index contributed by atoms with van der Waals surface area (Å²) < 4.78 is 5.74. The van der Waals surface area contributed by atoms with Crippen LogP contribution in [0.15, 0.2) is 65.4 Å². The van der Waals surface area contributed by atoms with Gasteiger partial charge in [-0.15, -0.1) is 0 Å². The standard InChI is InChI=1S/C25H29NO2/c1-17-11-18(2)13-22(12-17)23-15-25(26-16-23)24-8-6-5-7-21(24)9-10-28-20(4)14-19(3)27/h5-8,11-16,19,25,27H,9-10H2,1-4H3/b20-14-. The van der Waals surface area contributed by atoms with Crippen LogP contribution in [0.4, 0.5) is 0 Å². The lowest BCUT2D eigenvalue weighted by Gasteiger charge is -2.13. The van der Waals surface area contributed by atoms with Gasteiger partial charge in [0.1, 0.15) is 0 Å². The summed E-state index contributed by atoms with van der Waals surface area (Å²) in [7, 11) is 0. The highest BCUT2D eigenvalue weighted by atomic mass is 16.5. The summed E-state index contributed by atoms with van der Waals surface area (Å²) >= 11 is 0. The number of aryl methyl sites for hydroxylation is 2. The Morgan fingerprint density at radius 2 is 1.89 bits per heavy atom. The number of aliphatic hydroxyl groups is 1. The maximum atomic E-state index is 9.40. The van der Waals surface area contributed by atoms with Crippen LogP contribution in [-0.4, -0.2) is 24.0 Å². The molecule has 28 heavy (non-hydrogen) atoms. The molecule has 0 aromatic heterocycles. The Hall–Kier alpha value is -2.65. The van der Waals surface area contributed by atoms with Crippen molar-refractivity contribution in [2.24, 2.45) is 4.99 Å². The van der Waals surface area contributed by atoms with Gasteiger partial charge in [0.05, 0.1) is 24.5 Å². The van der Waals surface area contributed by atoms with Crippen LogP contribution in [0.1, 0.15) is 47.7 Å². The van der Waals surface area contributed by atoms with E-state index in [1.54, 1.807) is 13.0 Å². The average molecular weight is 376 g/mol. The topological polar surface area (TPSA) is 41.8 Å². The minimum Gasteiger partial charge on any atom is -0.498 e. The van der Waals surface area contributed by atoms with E-state index in [0.29, 0.717) is 6.61 Å². The van der Waals surface area contributed by atoms with Crippen LogP contribution in [0.3, 0.4) is 0 Å². The van der Waals surface area contributed by atoms with Gasteiger partial charge < -0.3 is 9.84 Å². The normalized spacial score (nSPS) is 17.5. The Morgan fingerprint density at radius 3 is 2.61 bits per heavy atom. The predicted octanol–water partition coefficient (Wildman–Crippen LogP) is 5.36. The van der Waals surface area contributed by atoms with Crippen LogP contribution in [-0.2, 0) is 11.2 Å². The van der Waals surface area contributed by atoms with Crippen molar-refractivity contribution in [2.75, 3.05) is 6.61 Å². The fourth-order valence-electron chi connectivity index (χ4n) is 3.66. The Bertz CT molecular complexity index is 902. The third-order valence-electron chi connectivity index (χ3n) is 4.82. The molecule has 3 rings (SSSR count). The van der Waals surface area contributed by atoms with E-state index in [1.807, 2.05) is 13.1 Å². The van der Waals surface area contributed by atoms with Crippen LogP contribution in [0, 0.1) is 13.8 Å². The van der Waals surface area contributed by atoms with Gasteiger partial charge in [-0.3, -0.25) is 4.99 Å². The number of hydrogen-bond donors (Lipinski definition) is 1. The van der Waals surface area contributed by atoms with Gasteiger partial charge >= 0.3 is 0 Å². The van der Waals surface area contributed by atoms with E-state index in [1.165, 1.54) is 33.4 Å². The number of hydrogen-bond acceptors (Lipinski definition) is 3. The smallest absolute Gasteiger partial charge is 0.0942 e. The van der Waals surface area contributed by atoms with E-state index in [0.717, 1.165) is 12.2 Å². The molecule has 0 saturated carbocycles. The quantitative estimate of drug-likeness (QED) is 0.662. The van der Waals surface area contributed by atoms with Gasteiger partial charge in [-0.1, -0.05) is 53.6 Å². The zero-order chi connectivity index (χ0) is 20.1. The number of ether oxygens (including phenoxy) is 1. The van der Waals surface area contributed by atoms with Gasteiger partial charge in [0, 0.05) is 12.6 Å². The molecule has 1 aliphatic heterocycles. The molecular formula is C25H29NO2. The fraction of sp³-hybridized carbons (Fsp3) is 0.320. The molecule has 146 valence electrons. The zero-order valence-electron chi connectivity index (χ0n) is 17.1. The molecule has 0 radical (unpaired) electrons. The number of aliphatic hydroxyl groups excluding tert-OH is 1. The molecule has 0 fully saturated rings. The Balaban J connectivity index is 1.74. The summed E-state index contributed by atoms with van der Waals surface area (Å²) in [5, 5.41) is 9.40. The molecule has 1 aliphatic rings. The lowest BCUT2D eigenvalue weighted by Crippen LogP contribution is -2.04. The van der Waals surface area contributed by atoms with E-state index in [4.69, 9.17) is 9.73 Å². The number of nitrogens with zero attached hydrogens (tertiary/aromatic N) is 1. The second-order valence-corrected chi connectivity index (χ2v) is 7.54. The minimum absolute atomic E-state index is 0.0427. The first kappa shape index (κ1) is 20.1. The molecule has 0 saturated heterocycles. The second-order valence-electron chi connectivity index (χ2n) is 7.54. The second kappa shape index (κ2) is 9.03. The van der Waals surface area contributed by atoms with Crippen molar-refractivity contribution in [3.8, 4) is 0 Å². The maximum absolute atomic E-state index is 9.40. The van der Waals surface area contributed by atoms with Gasteiger partial charge in [0.15, 0.2) is 0 Å². The van der Waals surface area contributed by atoms with E-state index in [-0.39, 0.29) is 6.04 Å². The highest BCUT2D eigenvalue weighted by Gasteiger charge is 2.17. The predicted molar refractivity (Wildman–Crippen MR) is 117 cm³/mol. The van der Waals surface area contributed by atoms with Crippen molar-refractivity contribution in [3.05, 3.63) is 88.2 Å².